The third-order valence-corrected chi connectivity index (χ3v) is 4.88. The van der Waals surface area contributed by atoms with Crippen LogP contribution in [-0.4, -0.2) is 44.1 Å². The van der Waals surface area contributed by atoms with Gasteiger partial charge in [-0.3, -0.25) is 4.98 Å². The highest BCUT2D eigenvalue weighted by Gasteiger charge is 2.28. The number of aromatic nitrogens is 5. The van der Waals surface area contributed by atoms with Gasteiger partial charge < -0.3 is 14.6 Å². The summed E-state index contributed by atoms with van der Waals surface area (Å²) in [6.07, 6.45) is 7.21. The molecule has 5 rings (SSSR count). The highest BCUT2D eigenvalue weighted by molar-refractivity contribution is 5.84. The molecule has 26 heavy (non-hydrogen) atoms. The van der Waals surface area contributed by atoms with Crippen molar-refractivity contribution in [2.75, 3.05) is 18.1 Å². The van der Waals surface area contributed by atoms with E-state index < -0.39 is 0 Å². The quantitative estimate of drug-likeness (QED) is 0.612. The number of benzene rings is 1. The van der Waals surface area contributed by atoms with Crippen LogP contribution in [0.25, 0.3) is 22.1 Å². The van der Waals surface area contributed by atoms with Crippen LogP contribution in [0.3, 0.4) is 0 Å². The fourth-order valence-electron chi connectivity index (χ4n) is 3.64. The van der Waals surface area contributed by atoms with Gasteiger partial charge in [0, 0.05) is 18.1 Å². The van der Waals surface area contributed by atoms with Crippen LogP contribution in [-0.2, 0) is 0 Å². The number of H-pyrrole nitrogens is 1. The molecule has 7 heteroatoms. The van der Waals surface area contributed by atoms with Gasteiger partial charge in [-0.15, -0.1) is 0 Å². The fourth-order valence-corrected chi connectivity index (χ4v) is 3.64. The van der Waals surface area contributed by atoms with Gasteiger partial charge in [-0.05, 0) is 25.0 Å². The third-order valence-electron chi connectivity index (χ3n) is 4.88. The Hall–Kier alpha value is -3.22. The Bertz CT molecular complexity index is 1060. The maximum atomic E-state index is 6.18. The SMILES string of the molecule is c1cnc2c(OC[C@H]3CCCN3c3ncnc4nc[nH]c34)cccc2c1. The van der Waals surface area contributed by atoms with Gasteiger partial charge in [-0.2, -0.15) is 0 Å². The number of hydrogen-bond donors (Lipinski definition) is 1. The normalized spacial score (nSPS) is 17.2. The summed E-state index contributed by atoms with van der Waals surface area (Å²) in [5, 5.41) is 1.09. The van der Waals surface area contributed by atoms with E-state index in [9.17, 15) is 0 Å². The number of hydrogen-bond acceptors (Lipinski definition) is 6. The Labute approximate surface area is 150 Å². The summed E-state index contributed by atoms with van der Waals surface area (Å²) >= 11 is 0. The van der Waals surface area contributed by atoms with Crippen molar-refractivity contribution in [3.05, 3.63) is 49.2 Å². The van der Waals surface area contributed by atoms with Crippen LogP contribution in [0.5, 0.6) is 5.75 Å². The predicted molar refractivity (Wildman–Crippen MR) is 99.3 cm³/mol. The molecular weight excluding hydrogens is 328 g/mol. The van der Waals surface area contributed by atoms with Crippen molar-refractivity contribution in [3.8, 4) is 5.75 Å². The molecule has 3 aromatic heterocycles. The molecule has 1 aliphatic rings. The molecule has 0 aliphatic carbocycles. The lowest BCUT2D eigenvalue weighted by Crippen LogP contribution is -2.35. The van der Waals surface area contributed by atoms with Crippen LogP contribution in [0.4, 0.5) is 5.82 Å². The number of imidazole rings is 1. The summed E-state index contributed by atoms with van der Waals surface area (Å²) in [5.74, 6) is 1.72. The number of fused-ring (bicyclic) bond motifs is 2. The number of rotatable bonds is 4. The Morgan fingerprint density at radius 1 is 1.12 bits per heavy atom. The minimum Gasteiger partial charge on any atom is -0.489 e. The molecule has 4 aromatic rings. The minimum atomic E-state index is 0.260. The molecule has 0 radical (unpaired) electrons. The molecule has 4 heterocycles. The number of aromatic amines is 1. The number of ether oxygens (including phenoxy) is 1. The monoisotopic (exact) mass is 346 g/mol. The first-order valence-electron chi connectivity index (χ1n) is 8.77. The zero-order chi connectivity index (χ0) is 17.3. The Morgan fingerprint density at radius 2 is 2.08 bits per heavy atom. The molecule has 1 aromatic carbocycles. The van der Waals surface area contributed by atoms with E-state index >= 15 is 0 Å². The lowest BCUT2D eigenvalue weighted by Gasteiger charge is -2.26. The molecule has 0 bridgehead atoms. The van der Waals surface area contributed by atoms with Gasteiger partial charge in [-0.1, -0.05) is 18.2 Å². The van der Waals surface area contributed by atoms with E-state index in [4.69, 9.17) is 4.74 Å². The van der Waals surface area contributed by atoms with Gasteiger partial charge in [0.1, 0.15) is 29.7 Å². The molecule has 7 nitrogen and oxygen atoms in total. The summed E-state index contributed by atoms with van der Waals surface area (Å²) in [7, 11) is 0. The van der Waals surface area contributed by atoms with Crippen LogP contribution in [0.1, 0.15) is 12.8 Å². The van der Waals surface area contributed by atoms with Gasteiger partial charge in [0.05, 0.1) is 12.4 Å². The van der Waals surface area contributed by atoms with Gasteiger partial charge >= 0.3 is 0 Å². The molecule has 1 N–H and O–H groups in total. The van der Waals surface area contributed by atoms with Crippen LogP contribution in [0.15, 0.2) is 49.2 Å². The zero-order valence-electron chi connectivity index (χ0n) is 14.2. The van der Waals surface area contributed by atoms with Crippen LogP contribution in [0.2, 0.25) is 0 Å². The zero-order valence-corrected chi connectivity index (χ0v) is 14.2. The second-order valence-electron chi connectivity index (χ2n) is 6.43. The molecule has 0 amide bonds. The Kier molecular flexibility index (Phi) is 3.62. The van der Waals surface area contributed by atoms with Crippen molar-refractivity contribution < 1.29 is 4.74 Å². The van der Waals surface area contributed by atoms with Crippen LogP contribution < -0.4 is 9.64 Å². The van der Waals surface area contributed by atoms with E-state index in [1.807, 2.05) is 30.3 Å². The fraction of sp³-hybridized carbons (Fsp3) is 0.263. The van der Waals surface area contributed by atoms with Gasteiger partial charge in [-0.25, -0.2) is 15.0 Å². The van der Waals surface area contributed by atoms with E-state index in [1.165, 1.54) is 0 Å². The molecule has 1 atom stereocenters. The van der Waals surface area contributed by atoms with Crippen molar-refractivity contribution in [3.63, 3.8) is 0 Å². The molecule has 0 spiro atoms. The number of nitrogens with one attached hydrogen (secondary N) is 1. The van der Waals surface area contributed by atoms with Crippen molar-refractivity contribution >= 4 is 27.9 Å². The van der Waals surface area contributed by atoms with Gasteiger partial charge in [0.2, 0.25) is 0 Å². The third kappa shape index (κ3) is 2.52. The lowest BCUT2D eigenvalue weighted by molar-refractivity contribution is 0.291. The predicted octanol–water partition coefficient (Wildman–Crippen LogP) is 2.95. The van der Waals surface area contributed by atoms with Gasteiger partial charge in [0.15, 0.2) is 11.5 Å². The first-order valence-corrected chi connectivity index (χ1v) is 8.77. The summed E-state index contributed by atoms with van der Waals surface area (Å²) in [4.78, 5) is 22.8. The van der Waals surface area contributed by atoms with E-state index in [0.717, 1.165) is 47.4 Å². The van der Waals surface area contributed by atoms with Crippen LogP contribution in [0, 0.1) is 0 Å². The number of pyridine rings is 1. The summed E-state index contributed by atoms with van der Waals surface area (Å²) in [6.45, 7) is 1.54. The maximum Gasteiger partial charge on any atom is 0.182 e. The topological polar surface area (TPSA) is 79.8 Å². The molecule has 0 saturated carbocycles. The molecular formula is C19H18N6O. The maximum absolute atomic E-state index is 6.18. The summed E-state index contributed by atoms with van der Waals surface area (Å²) in [5.41, 5.74) is 2.48. The van der Waals surface area contributed by atoms with Crippen molar-refractivity contribution in [1.82, 2.24) is 24.9 Å². The average molecular weight is 346 g/mol. The standard InChI is InChI=1S/C19H18N6O/c1-4-13-5-2-8-20-16(13)15(7-1)26-10-14-6-3-9-25(14)19-17-18(22-11-21-17)23-12-24-19/h1-2,4-5,7-8,11-12,14H,3,6,9-10H2,(H,21,22,23,24)/t14-/m1/s1. The Balaban J connectivity index is 1.40. The number of nitrogens with zero attached hydrogens (tertiary/aromatic N) is 5. The molecule has 1 fully saturated rings. The summed E-state index contributed by atoms with van der Waals surface area (Å²) < 4.78 is 6.18. The first-order chi connectivity index (χ1) is 12.9. The average Bonchev–Trinajstić information content (AvgIpc) is 3.35. The van der Waals surface area contributed by atoms with Crippen molar-refractivity contribution in [1.29, 1.82) is 0 Å². The number of para-hydroxylation sites is 1. The molecule has 130 valence electrons. The van der Waals surface area contributed by atoms with Gasteiger partial charge in [0.25, 0.3) is 0 Å². The van der Waals surface area contributed by atoms with E-state index in [-0.39, 0.29) is 6.04 Å². The highest BCUT2D eigenvalue weighted by atomic mass is 16.5. The largest absolute Gasteiger partial charge is 0.489 e. The molecule has 1 aliphatic heterocycles. The Morgan fingerprint density at radius 3 is 3.08 bits per heavy atom. The lowest BCUT2D eigenvalue weighted by atomic mass is 10.2. The molecule has 0 unspecified atom stereocenters. The second kappa shape index (κ2) is 6.25. The van der Waals surface area contributed by atoms with Crippen molar-refractivity contribution in [2.45, 2.75) is 18.9 Å². The number of anilines is 1. The van der Waals surface area contributed by atoms with Crippen LogP contribution >= 0.6 is 0 Å². The van der Waals surface area contributed by atoms with E-state index in [2.05, 4.69) is 29.8 Å². The molecule has 1 saturated heterocycles. The first kappa shape index (κ1) is 15.1. The van der Waals surface area contributed by atoms with Crippen molar-refractivity contribution in [2.24, 2.45) is 0 Å². The van der Waals surface area contributed by atoms with E-state index in [1.54, 1.807) is 18.9 Å². The highest BCUT2D eigenvalue weighted by Crippen LogP contribution is 2.29. The minimum absolute atomic E-state index is 0.260. The summed E-state index contributed by atoms with van der Waals surface area (Å²) in [6, 6.07) is 10.3. The second-order valence-corrected chi connectivity index (χ2v) is 6.43. The van der Waals surface area contributed by atoms with E-state index in [0.29, 0.717) is 12.3 Å². The smallest absolute Gasteiger partial charge is 0.182 e.